The van der Waals surface area contributed by atoms with E-state index in [1.54, 1.807) is 0 Å². The summed E-state index contributed by atoms with van der Waals surface area (Å²) < 4.78 is 33.6. The third-order valence-electron chi connectivity index (χ3n) is 11.2. The highest BCUT2D eigenvalue weighted by Gasteiger charge is 2.26. The van der Waals surface area contributed by atoms with E-state index in [9.17, 15) is 19.4 Å². The van der Waals surface area contributed by atoms with Gasteiger partial charge in [-0.05, 0) is 77.0 Å². The number of aliphatic hydroxyl groups excluding tert-OH is 2. The minimum atomic E-state index is -4.53. The Hall–Kier alpha value is -1.84. The van der Waals surface area contributed by atoms with Crippen molar-refractivity contribution in [2.75, 3.05) is 33.0 Å². The molecule has 0 aromatic heterocycles. The number of rotatable bonds is 50. The van der Waals surface area contributed by atoms with E-state index in [0.717, 1.165) is 64.2 Å². The fraction of sp³-hybridized carbons (Fsp3) is 0.796. The quantitative estimate of drug-likeness (QED) is 0.0236. The molecule has 0 bridgehead atoms. The van der Waals surface area contributed by atoms with Gasteiger partial charge >= 0.3 is 13.8 Å². The standard InChI is InChI=1S/C54H99O9P/c1-3-5-7-9-11-13-15-17-19-21-23-24-25-26-27-29-31-33-35-37-39-41-43-45-47-60-50-53(51-62-64(58,59)61-49-52(56)48-55)63-54(57)46-44-42-40-38-36-34-32-30-28-22-20-18-16-14-12-10-8-6-4-2/h5,7,11,13,17-20,23-24,52-53,55-56H,3-4,6,8-10,12,14-16,21-22,25-51H2,1-2H3,(H,58,59)/b7-5-,13-11-,19-17-,20-18-,24-23-. The zero-order valence-corrected chi connectivity index (χ0v) is 42.1. The Bertz CT molecular complexity index is 1180. The topological polar surface area (TPSA) is 132 Å². The number of unbranched alkanes of at least 4 members (excludes halogenated alkanes) is 26. The Kier molecular flexibility index (Phi) is 49.1. The van der Waals surface area contributed by atoms with Crippen LogP contribution in [-0.2, 0) is 27.9 Å². The molecule has 0 aliphatic carbocycles. The lowest BCUT2D eigenvalue weighted by Gasteiger charge is -2.20. The first-order valence-corrected chi connectivity index (χ1v) is 27.8. The summed E-state index contributed by atoms with van der Waals surface area (Å²) in [6.07, 6.45) is 60.4. The van der Waals surface area contributed by atoms with Gasteiger partial charge in [0.1, 0.15) is 12.2 Å². The molecule has 0 saturated carbocycles. The SMILES string of the molecule is CC/C=C\C/C=C\C/C=C\C/C=C\CCCCCCCCCCCCCOCC(COP(=O)(O)OCC(O)CO)OC(=O)CCCCCCCCCCC/C=C\CCCCCCCC. The maximum atomic E-state index is 12.7. The molecule has 0 aliphatic rings. The van der Waals surface area contributed by atoms with Gasteiger partial charge in [-0.1, -0.05) is 209 Å². The van der Waals surface area contributed by atoms with E-state index in [0.29, 0.717) is 6.61 Å². The van der Waals surface area contributed by atoms with Crippen LogP contribution in [0.15, 0.2) is 60.8 Å². The molecule has 374 valence electrons. The van der Waals surface area contributed by atoms with Gasteiger partial charge in [-0.3, -0.25) is 13.8 Å². The maximum Gasteiger partial charge on any atom is 0.472 e. The predicted octanol–water partition coefficient (Wildman–Crippen LogP) is 15.5. The van der Waals surface area contributed by atoms with E-state index < -0.39 is 33.2 Å². The van der Waals surface area contributed by atoms with Crippen LogP contribution in [0.2, 0.25) is 0 Å². The largest absolute Gasteiger partial charge is 0.472 e. The van der Waals surface area contributed by atoms with Crippen LogP contribution in [-0.4, -0.2) is 66.3 Å². The fourth-order valence-electron chi connectivity index (χ4n) is 7.23. The van der Waals surface area contributed by atoms with Crippen molar-refractivity contribution in [3.05, 3.63) is 60.8 Å². The Morgan fingerprint density at radius 2 is 0.891 bits per heavy atom. The van der Waals surface area contributed by atoms with Gasteiger partial charge in [0, 0.05) is 13.0 Å². The number of phosphoric ester groups is 1. The van der Waals surface area contributed by atoms with Crippen molar-refractivity contribution in [1.82, 2.24) is 0 Å². The molecule has 0 aromatic carbocycles. The van der Waals surface area contributed by atoms with E-state index in [1.807, 2.05) is 0 Å². The van der Waals surface area contributed by atoms with Crippen LogP contribution >= 0.6 is 7.82 Å². The minimum absolute atomic E-state index is 0.0456. The Labute approximate surface area is 393 Å². The number of carbonyl (C=O) groups excluding carboxylic acids is 1. The Balaban J connectivity index is 4.06. The second-order valence-corrected chi connectivity index (χ2v) is 19.0. The Morgan fingerprint density at radius 1 is 0.500 bits per heavy atom. The van der Waals surface area contributed by atoms with Crippen molar-refractivity contribution >= 4 is 13.8 Å². The van der Waals surface area contributed by atoms with Crippen molar-refractivity contribution in [2.24, 2.45) is 0 Å². The first-order valence-electron chi connectivity index (χ1n) is 26.3. The highest BCUT2D eigenvalue weighted by molar-refractivity contribution is 7.47. The number of carbonyl (C=O) groups is 1. The average molecular weight is 923 g/mol. The summed E-state index contributed by atoms with van der Waals surface area (Å²) in [6.45, 7) is 3.42. The van der Waals surface area contributed by atoms with E-state index >= 15 is 0 Å². The number of esters is 1. The molecule has 3 N–H and O–H groups in total. The van der Waals surface area contributed by atoms with Gasteiger partial charge in [0.2, 0.25) is 0 Å². The summed E-state index contributed by atoms with van der Waals surface area (Å²) in [4.78, 5) is 22.7. The number of allylic oxidation sites excluding steroid dienone is 10. The van der Waals surface area contributed by atoms with Crippen LogP contribution in [0.4, 0.5) is 0 Å². The normalized spacial score (nSPS) is 14.3. The summed E-state index contributed by atoms with van der Waals surface area (Å²) in [5.41, 5.74) is 0. The zero-order chi connectivity index (χ0) is 46.7. The molecular weight excluding hydrogens is 824 g/mol. The van der Waals surface area contributed by atoms with Gasteiger partial charge in [-0.15, -0.1) is 0 Å². The van der Waals surface area contributed by atoms with Crippen molar-refractivity contribution in [2.45, 2.75) is 244 Å². The summed E-state index contributed by atoms with van der Waals surface area (Å²) in [5, 5.41) is 18.4. The Morgan fingerprint density at radius 3 is 1.36 bits per heavy atom. The number of aliphatic hydroxyl groups is 2. The molecule has 0 rings (SSSR count). The molecule has 0 amide bonds. The van der Waals surface area contributed by atoms with Crippen molar-refractivity contribution in [1.29, 1.82) is 0 Å². The lowest BCUT2D eigenvalue weighted by molar-refractivity contribution is -0.154. The molecule has 0 radical (unpaired) electrons. The van der Waals surface area contributed by atoms with Gasteiger partial charge in [0.25, 0.3) is 0 Å². The van der Waals surface area contributed by atoms with Gasteiger partial charge in [-0.25, -0.2) is 4.57 Å². The zero-order valence-electron chi connectivity index (χ0n) is 41.2. The number of hydrogen-bond donors (Lipinski definition) is 3. The third kappa shape index (κ3) is 49.6. The fourth-order valence-corrected chi connectivity index (χ4v) is 8.01. The smallest absolute Gasteiger partial charge is 0.457 e. The van der Waals surface area contributed by atoms with Gasteiger partial charge in [0.05, 0.1) is 26.4 Å². The van der Waals surface area contributed by atoms with Crippen LogP contribution in [0.3, 0.4) is 0 Å². The van der Waals surface area contributed by atoms with E-state index in [1.165, 1.54) is 148 Å². The van der Waals surface area contributed by atoms with Crippen LogP contribution in [0, 0.1) is 0 Å². The minimum Gasteiger partial charge on any atom is -0.457 e. The highest BCUT2D eigenvalue weighted by atomic mass is 31.2. The number of phosphoric acid groups is 1. The maximum absolute atomic E-state index is 12.7. The third-order valence-corrected chi connectivity index (χ3v) is 12.1. The second kappa shape index (κ2) is 50.6. The monoisotopic (exact) mass is 923 g/mol. The van der Waals surface area contributed by atoms with Crippen molar-refractivity contribution < 1.29 is 43.0 Å². The van der Waals surface area contributed by atoms with Crippen LogP contribution in [0.1, 0.15) is 232 Å². The molecule has 3 atom stereocenters. The average Bonchev–Trinajstić information content (AvgIpc) is 3.29. The lowest BCUT2D eigenvalue weighted by Crippen LogP contribution is -2.29. The summed E-state index contributed by atoms with van der Waals surface area (Å²) in [6, 6.07) is 0. The van der Waals surface area contributed by atoms with Crippen LogP contribution < -0.4 is 0 Å². The van der Waals surface area contributed by atoms with Crippen LogP contribution in [0.5, 0.6) is 0 Å². The molecule has 0 saturated heterocycles. The van der Waals surface area contributed by atoms with Crippen molar-refractivity contribution in [3.8, 4) is 0 Å². The summed E-state index contributed by atoms with van der Waals surface area (Å²) >= 11 is 0. The molecule has 0 spiro atoms. The molecule has 3 unspecified atom stereocenters. The number of ether oxygens (including phenoxy) is 2. The van der Waals surface area contributed by atoms with Crippen LogP contribution in [0.25, 0.3) is 0 Å². The molecule has 10 heteroatoms. The first-order chi connectivity index (χ1) is 31.3. The lowest BCUT2D eigenvalue weighted by atomic mass is 10.1. The molecule has 0 aliphatic heterocycles. The highest BCUT2D eigenvalue weighted by Crippen LogP contribution is 2.43. The molecule has 0 aromatic rings. The molecule has 64 heavy (non-hydrogen) atoms. The summed E-state index contributed by atoms with van der Waals surface area (Å²) in [7, 11) is -4.53. The summed E-state index contributed by atoms with van der Waals surface area (Å²) in [5.74, 6) is -0.385. The van der Waals surface area contributed by atoms with Gasteiger partial charge in [0.15, 0.2) is 0 Å². The van der Waals surface area contributed by atoms with Gasteiger partial charge in [-0.2, -0.15) is 0 Å². The second-order valence-electron chi connectivity index (χ2n) is 17.5. The molecule has 0 heterocycles. The first kappa shape index (κ1) is 62.2. The van der Waals surface area contributed by atoms with Crippen molar-refractivity contribution in [3.63, 3.8) is 0 Å². The van der Waals surface area contributed by atoms with E-state index in [-0.39, 0.29) is 25.6 Å². The van der Waals surface area contributed by atoms with E-state index in [4.69, 9.17) is 23.6 Å². The molecule has 9 nitrogen and oxygen atoms in total. The number of hydrogen-bond acceptors (Lipinski definition) is 8. The van der Waals surface area contributed by atoms with E-state index in [2.05, 4.69) is 74.6 Å². The van der Waals surface area contributed by atoms with Gasteiger partial charge < -0.3 is 24.6 Å². The molecule has 0 fully saturated rings. The predicted molar refractivity (Wildman–Crippen MR) is 270 cm³/mol. The molecular formula is C54H99O9P.